The number of hydrogen-bond donors (Lipinski definition) is 1. The predicted molar refractivity (Wildman–Crippen MR) is 55.0 cm³/mol. The number of carboxylic acid groups (broad SMARTS) is 1. The lowest BCUT2D eigenvalue weighted by molar-refractivity contribution is -0.148. The molecular weight excluding hydrogens is 176 g/mol. The van der Waals surface area contributed by atoms with Gasteiger partial charge in [0.25, 0.3) is 0 Å². The van der Waals surface area contributed by atoms with Gasteiger partial charge < -0.3 is 5.11 Å². The quantitative estimate of drug-likeness (QED) is 0.699. The maximum Gasteiger partial charge on any atom is 0.309 e. The van der Waals surface area contributed by atoms with E-state index in [-0.39, 0.29) is 0 Å². The van der Waals surface area contributed by atoms with Crippen LogP contribution in [0.3, 0.4) is 0 Å². The molecule has 2 nitrogen and oxygen atoms in total. The molecule has 2 aliphatic carbocycles. The van der Waals surface area contributed by atoms with Gasteiger partial charge in [-0.1, -0.05) is 19.8 Å². The van der Waals surface area contributed by atoms with Crippen LogP contribution < -0.4 is 0 Å². The van der Waals surface area contributed by atoms with Crippen molar-refractivity contribution in [2.45, 2.75) is 52.4 Å². The van der Waals surface area contributed by atoms with E-state index in [1.165, 1.54) is 25.7 Å². The Labute approximate surface area is 85.7 Å². The Balaban J connectivity index is 2.21. The molecule has 2 rings (SSSR count). The van der Waals surface area contributed by atoms with Gasteiger partial charge in [0.15, 0.2) is 0 Å². The van der Waals surface area contributed by atoms with Gasteiger partial charge in [0.2, 0.25) is 0 Å². The third kappa shape index (κ3) is 1.35. The first kappa shape index (κ1) is 10.0. The van der Waals surface area contributed by atoms with Gasteiger partial charge in [-0.05, 0) is 43.9 Å². The number of aliphatic carboxylic acids is 1. The molecule has 2 saturated carbocycles. The molecule has 0 aliphatic heterocycles. The van der Waals surface area contributed by atoms with Crippen LogP contribution in [0.4, 0.5) is 0 Å². The third-order valence-corrected chi connectivity index (χ3v) is 4.54. The molecule has 2 fully saturated rings. The molecule has 80 valence electrons. The van der Waals surface area contributed by atoms with E-state index in [9.17, 15) is 9.90 Å². The highest BCUT2D eigenvalue weighted by Crippen LogP contribution is 2.59. The number of fused-ring (bicyclic) bond motifs is 1. The Kier molecular flexibility index (Phi) is 2.13. The molecule has 0 bridgehead atoms. The van der Waals surface area contributed by atoms with Crippen LogP contribution in [0, 0.1) is 16.7 Å². The summed E-state index contributed by atoms with van der Waals surface area (Å²) in [5.41, 5.74) is -0.116. The lowest BCUT2D eigenvalue weighted by Crippen LogP contribution is -2.27. The summed E-state index contributed by atoms with van der Waals surface area (Å²) in [6.07, 6.45) is 6.87. The van der Waals surface area contributed by atoms with E-state index in [1.807, 2.05) is 6.92 Å². The SMILES string of the molecule is C[C@]1(C(=O)O)C[C@H]2CCCC[C@]2(C)C1. The first-order chi connectivity index (χ1) is 6.46. The van der Waals surface area contributed by atoms with Gasteiger partial charge in [0.05, 0.1) is 5.41 Å². The molecule has 14 heavy (non-hydrogen) atoms. The Hall–Kier alpha value is -0.530. The van der Waals surface area contributed by atoms with Gasteiger partial charge in [-0.2, -0.15) is 0 Å². The summed E-state index contributed by atoms with van der Waals surface area (Å²) in [7, 11) is 0. The normalized spacial score (nSPS) is 47.4. The maximum atomic E-state index is 11.2. The van der Waals surface area contributed by atoms with Gasteiger partial charge in [-0.15, -0.1) is 0 Å². The molecule has 0 heterocycles. The lowest BCUT2D eigenvalue weighted by Gasteiger charge is -2.36. The van der Waals surface area contributed by atoms with Crippen LogP contribution in [-0.2, 0) is 4.79 Å². The van der Waals surface area contributed by atoms with Crippen molar-refractivity contribution in [2.75, 3.05) is 0 Å². The average Bonchev–Trinajstić information content (AvgIpc) is 2.36. The van der Waals surface area contributed by atoms with E-state index in [0.29, 0.717) is 11.3 Å². The van der Waals surface area contributed by atoms with E-state index in [4.69, 9.17) is 0 Å². The highest BCUT2D eigenvalue weighted by Gasteiger charge is 2.53. The smallest absolute Gasteiger partial charge is 0.309 e. The van der Waals surface area contributed by atoms with Crippen LogP contribution in [0.1, 0.15) is 52.4 Å². The fourth-order valence-electron chi connectivity index (χ4n) is 3.72. The number of carboxylic acids is 1. The second-order valence-electron chi connectivity index (χ2n) is 5.84. The Morgan fingerprint density at radius 1 is 1.36 bits per heavy atom. The predicted octanol–water partition coefficient (Wildman–Crippen LogP) is 3.07. The van der Waals surface area contributed by atoms with E-state index in [0.717, 1.165) is 12.8 Å². The summed E-state index contributed by atoms with van der Waals surface area (Å²) < 4.78 is 0. The second-order valence-corrected chi connectivity index (χ2v) is 5.84. The zero-order valence-corrected chi connectivity index (χ0v) is 9.18. The second kappa shape index (κ2) is 2.98. The van der Waals surface area contributed by atoms with Crippen LogP contribution in [0.5, 0.6) is 0 Å². The molecule has 0 aromatic heterocycles. The summed E-state index contributed by atoms with van der Waals surface area (Å²) in [5.74, 6) is 0.0745. The molecule has 1 N–H and O–H groups in total. The highest BCUT2D eigenvalue weighted by atomic mass is 16.4. The van der Waals surface area contributed by atoms with Crippen LogP contribution in [0.25, 0.3) is 0 Å². The minimum Gasteiger partial charge on any atom is -0.481 e. The van der Waals surface area contributed by atoms with E-state index < -0.39 is 11.4 Å². The van der Waals surface area contributed by atoms with Crippen molar-refractivity contribution in [2.24, 2.45) is 16.7 Å². The Morgan fingerprint density at radius 2 is 2.07 bits per heavy atom. The van der Waals surface area contributed by atoms with Crippen molar-refractivity contribution < 1.29 is 9.90 Å². The average molecular weight is 196 g/mol. The first-order valence-electron chi connectivity index (χ1n) is 5.70. The largest absolute Gasteiger partial charge is 0.481 e. The number of hydrogen-bond acceptors (Lipinski definition) is 1. The van der Waals surface area contributed by atoms with Crippen LogP contribution >= 0.6 is 0 Å². The molecule has 3 atom stereocenters. The summed E-state index contributed by atoms with van der Waals surface area (Å²) in [6.45, 7) is 4.23. The minimum atomic E-state index is -0.590. The summed E-state index contributed by atoms with van der Waals surface area (Å²) >= 11 is 0. The van der Waals surface area contributed by atoms with Crippen molar-refractivity contribution in [1.29, 1.82) is 0 Å². The maximum absolute atomic E-state index is 11.2. The van der Waals surface area contributed by atoms with Crippen molar-refractivity contribution in [3.8, 4) is 0 Å². The Bertz CT molecular complexity index is 261. The molecule has 0 aromatic rings. The molecule has 0 radical (unpaired) electrons. The first-order valence-corrected chi connectivity index (χ1v) is 5.70. The molecule has 2 heteroatoms. The van der Waals surface area contributed by atoms with E-state index >= 15 is 0 Å². The van der Waals surface area contributed by atoms with Crippen LogP contribution in [0.15, 0.2) is 0 Å². The topological polar surface area (TPSA) is 37.3 Å². The molecule has 2 aliphatic rings. The molecule has 0 spiro atoms. The van der Waals surface area contributed by atoms with Gasteiger partial charge in [-0.3, -0.25) is 4.79 Å². The van der Waals surface area contributed by atoms with Crippen molar-refractivity contribution in [3.63, 3.8) is 0 Å². The molecule has 0 aromatic carbocycles. The third-order valence-electron chi connectivity index (χ3n) is 4.54. The van der Waals surface area contributed by atoms with Gasteiger partial charge in [0, 0.05) is 0 Å². The molecule has 0 saturated heterocycles. The van der Waals surface area contributed by atoms with Gasteiger partial charge in [0.1, 0.15) is 0 Å². The highest BCUT2D eigenvalue weighted by molar-refractivity contribution is 5.74. The number of carbonyl (C=O) groups is 1. The minimum absolute atomic E-state index is 0.325. The van der Waals surface area contributed by atoms with E-state index in [1.54, 1.807) is 0 Å². The van der Waals surface area contributed by atoms with Crippen LogP contribution in [0.2, 0.25) is 0 Å². The van der Waals surface area contributed by atoms with Gasteiger partial charge in [-0.25, -0.2) is 0 Å². The Morgan fingerprint density at radius 3 is 2.64 bits per heavy atom. The van der Waals surface area contributed by atoms with Crippen molar-refractivity contribution in [1.82, 2.24) is 0 Å². The summed E-state index contributed by atoms with van der Waals surface area (Å²) in [4.78, 5) is 11.2. The summed E-state index contributed by atoms with van der Waals surface area (Å²) in [5, 5.41) is 9.23. The van der Waals surface area contributed by atoms with Crippen molar-refractivity contribution >= 4 is 5.97 Å². The van der Waals surface area contributed by atoms with E-state index in [2.05, 4.69) is 6.92 Å². The fraction of sp³-hybridized carbons (Fsp3) is 0.917. The standard InChI is InChI=1S/C12H20O2/c1-11-6-4-3-5-9(11)7-12(2,8-11)10(13)14/h9H,3-8H2,1-2H3,(H,13,14)/t9-,11-,12+/m1/s1. The monoisotopic (exact) mass is 196 g/mol. The van der Waals surface area contributed by atoms with Crippen LogP contribution in [-0.4, -0.2) is 11.1 Å². The number of rotatable bonds is 1. The zero-order valence-electron chi connectivity index (χ0n) is 9.18. The summed E-state index contributed by atoms with van der Waals surface area (Å²) in [6, 6.07) is 0. The zero-order chi connectivity index (χ0) is 10.4. The molecule has 0 unspecified atom stereocenters. The lowest BCUT2D eigenvalue weighted by atomic mass is 9.69. The molecule has 0 amide bonds. The fourth-order valence-corrected chi connectivity index (χ4v) is 3.72. The van der Waals surface area contributed by atoms with Crippen molar-refractivity contribution in [3.05, 3.63) is 0 Å². The molecular formula is C12H20O2. The van der Waals surface area contributed by atoms with Gasteiger partial charge >= 0.3 is 5.97 Å².